The summed E-state index contributed by atoms with van der Waals surface area (Å²) in [5, 5.41) is 7.66. The van der Waals surface area contributed by atoms with Gasteiger partial charge in [0.05, 0.1) is 10.2 Å². The van der Waals surface area contributed by atoms with Crippen molar-refractivity contribution >= 4 is 21.7 Å². The lowest BCUT2D eigenvalue weighted by Gasteiger charge is -2.15. The van der Waals surface area contributed by atoms with Crippen molar-refractivity contribution in [3.05, 3.63) is 10.2 Å². The molecule has 2 rings (SSSR count). The van der Waals surface area contributed by atoms with Gasteiger partial charge in [-0.3, -0.25) is 0 Å². The van der Waals surface area contributed by atoms with Crippen molar-refractivity contribution < 1.29 is 0 Å². The number of rotatable bonds is 0. The van der Waals surface area contributed by atoms with Crippen molar-refractivity contribution in [2.24, 2.45) is 0 Å². The number of aromatic nitrogens is 2. The van der Waals surface area contributed by atoms with Crippen LogP contribution in [0.25, 0.3) is 0 Å². The van der Waals surface area contributed by atoms with Crippen LogP contribution in [0.3, 0.4) is 0 Å². The molecule has 0 unspecified atom stereocenters. The van der Waals surface area contributed by atoms with Crippen LogP contribution in [0.4, 0.5) is 5.82 Å². The second-order valence-electron chi connectivity index (χ2n) is 2.75. The van der Waals surface area contributed by atoms with Gasteiger partial charge in [0.1, 0.15) is 5.82 Å². The number of hydrogen-bond acceptors (Lipinski definition) is 2. The zero-order valence-electron chi connectivity index (χ0n) is 6.39. The largest absolute Gasteiger partial charge is 0.369 e. The number of halogens is 1. The molecule has 0 radical (unpaired) electrons. The van der Waals surface area contributed by atoms with Gasteiger partial charge in [0.15, 0.2) is 0 Å². The third-order valence-corrected chi connectivity index (χ3v) is 2.84. The summed E-state index contributed by atoms with van der Waals surface area (Å²) in [7, 11) is 0. The number of aryl methyl sites for hydroxylation is 2. The first-order chi connectivity index (χ1) is 5.29. The second kappa shape index (κ2) is 2.52. The minimum Gasteiger partial charge on any atom is -0.369 e. The van der Waals surface area contributed by atoms with E-state index in [-0.39, 0.29) is 0 Å². The Balaban J connectivity index is 2.50. The first kappa shape index (κ1) is 7.16. The molecule has 1 N–H and O–H groups in total. The third kappa shape index (κ3) is 1.05. The summed E-state index contributed by atoms with van der Waals surface area (Å²) in [5.41, 5.74) is 1.06. The highest BCUT2D eigenvalue weighted by Crippen LogP contribution is 2.27. The van der Waals surface area contributed by atoms with Gasteiger partial charge in [0, 0.05) is 13.1 Å². The molecular formula is C7H10BrN3. The lowest BCUT2D eigenvalue weighted by Crippen LogP contribution is -2.17. The molecule has 1 aromatic heterocycles. The summed E-state index contributed by atoms with van der Waals surface area (Å²) in [6, 6.07) is 0. The fraction of sp³-hybridized carbons (Fsp3) is 0.571. The fourth-order valence-corrected chi connectivity index (χ4v) is 1.75. The maximum absolute atomic E-state index is 4.36. The number of hydrogen-bond donors (Lipinski definition) is 1. The van der Waals surface area contributed by atoms with Crippen LogP contribution < -0.4 is 5.32 Å². The predicted molar refractivity (Wildman–Crippen MR) is 47.8 cm³/mol. The van der Waals surface area contributed by atoms with Gasteiger partial charge in [-0.2, -0.15) is 5.10 Å². The molecule has 11 heavy (non-hydrogen) atoms. The molecule has 0 fully saturated rings. The molecule has 1 aromatic rings. The molecule has 0 saturated heterocycles. The van der Waals surface area contributed by atoms with Crippen molar-refractivity contribution in [2.75, 3.05) is 11.9 Å². The summed E-state index contributed by atoms with van der Waals surface area (Å²) in [6.07, 6.45) is 1.17. The third-order valence-electron chi connectivity index (χ3n) is 1.89. The topological polar surface area (TPSA) is 29.9 Å². The highest BCUT2D eigenvalue weighted by molar-refractivity contribution is 9.10. The molecule has 0 atom stereocenters. The number of anilines is 1. The Labute approximate surface area is 73.9 Å². The normalized spacial score (nSPS) is 15.8. The van der Waals surface area contributed by atoms with Gasteiger partial charge in [-0.25, -0.2) is 4.68 Å². The lowest BCUT2D eigenvalue weighted by atomic mass is 10.3. The van der Waals surface area contributed by atoms with Crippen LogP contribution in [0.2, 0.25) is 0 Å². The first-order valence-electron chi connectivity index (χ1n) is 3.76. The van der Waals surface area contributed by atoms with E-state index in [0.717, 1.165) is 29.1 Å². The van der Waals surface area contributed by atoms with Crippen LogP contribution in [-0.2, 0) is 6.54 Å². The van der Waals surface area contributed by atoms with E-state index in [0.29, 0.717) is 0 Å². The van der Waals surface area contributed by atoms with Crippen LogP contribution in [0.1, 0.15) is 12.1 Å². The monoisotopic (exact) mass is 215 g/mol. The van der Waals surface area contributed by atoms with Gasteiger partial charge < -0.3 is 5.32 Å². The van der Waals surface area contributed by atoms with Crippen LogP contribution >= 0.6 is 15.9 Å². The van der Waals surface area contributed by atoms with Crippen molar-refractivity contribution in [3.8, 4) is 0 Å². The van der Waals surface area contributed by atoms with E-state index in [9.17, 15) is 0 Å². The highest BCUT2D eigenvalue weighted by Gasteiger charge is 2.14. The van der Waals surface area contributed by atoms with Crippen molar-refractivity contribution in [3.63, 3.8) is 0 Å². The maximum atomic E-state index is 4.36. The standard InChI is InChI=1S/C7H10BrN3/c1-5-6(8)7-9-3-2-4-11(7)10-5/h9H,2-4H2,1H3. The molecular weight excluding hydrogens is 206 g/mol. The Kier molecular flexibility index (Phi) is 1.64. The Morgan fingerprint density at radius 2 is 2.45 bits per heavy atom. The van der Waals surface area contributed by atoms with E-state index in [1.165, 1.54) is 6.42 Å². The van der Waals surface area contributed by atoms with Gasteiger partial charge in [0.25, 0.3) is 0 Å². The van der Waals surface area contributed by atoms with Gasteiger partial charge >= 0.3 is 0 Å². The molecule has 4 heteroatoms. The Hall–Kier alpha value is -0.510. The summed E-state index contributed by atoms with van der Waals surface area (Å²) < 4.78 is 3.13. The molecule has 2 heterocycles. The second-order valence-corrected chi connectivity index (χ2v) is 3.54. The number of nitrogens with one attached hydrogen (secondary N) is 1. The summed E-state index contributed by atoms with van der Waals surface area (Å²) in [4.78, 5) is 0. The summed E-state index contributed by atoms with van der Waals surface area (Å²) in [5.74, 6) is 1.13. The highest BCUT2D eigenvalue weighted by atomic mass is 79.9. The van der Waals surface area contributed by atoms with Crippen molar-refractivity contribution in [1.29, 1.82) is 0 Å². The minimum atomic E-state index is 1.04. The SMILES string of the molecule is Cc1nn2c(c1Br)NCCC2. The van der Waals surface area contributed by atoms with Crippen LogP contribution in [-0.4, -0.2) is 16.3 Å². The average molecular weight is 216 g/mol. The zero-order chi connectivity index (χ0) is 7.84. The van der Waals surface area contributed by atoms with Gasteiger partial charge in [-0.1, -0.05) is 0 Å². The van der Waals surface area contributed by atoms with Crippen LogP contribution in [0.5, 0.6) is 0 Å². The summed E-state index contributed by atoms with van der Waals surface area (Å²) in [6.45, 7) is 4.11. The van der Waals surface area contributed by atoms with Crippen molar-refractivity contribution in [2.45, 2.75) is 19.9 Å². The van der Waals surface area contributed by atoms with Gasteiger partial charge in [-0.15, -0.1) is 0 Å². The van der Waals surface area contributed by atoms with E-state index < -0.39 is 0 Å². The van der Waals surface area contributed by atoms with E-state index >= 15 is 0 Å². The molecule has 0 aliphatic carbocycles. The Bertz CT molecular complexity index is 279. The Morgan fingerprint density at radius 1 is 1.64 bits per heavy atom. The van der Waals surface area contributed by atoms with E-state index in [2.05, 4.69) is 26.3 Å². The smallest absolute Gasteiger partial charge is 0.138 e. The lowest BCUT2D eigenvalue weighted by molar-refractivity contribution is 0.564. The molecule has 0 bridgehead atoms. The number of fused-ring (bicyclic) bond motifs is 1. The fourth-order valence-electron chi connectivity index (χ4n) is 1.33. The van der Waals surface area contributed by atoms with E-state index in [4.69, 9.17) is 0 Å². The Morgan fingerprint density at radius 3 is 3.18 bits per heavy atom. The molecule has 1 aliphatic rings. The quantitative estimate of drug-likeness (QED) is 0.716. The maximum Gasteiger partial charge on any atom is 0.138 e. The van der Waals surface area contributed by atoms with E-state index in [1.807, 2.05) is 11.6 Å². The summed E-state index contributed by atoms with van der Waals surface area (Å²) >= 11 is 3.49. The van der Waals surface area contributed by atoms with Crippen molar-refractivity contribution in [1.82, 2.24) is 9.78 Å². The molecule has 60 valence electrons. The first-order valence-corrected chi connectivity index (χ1v) is 4.55. The molecule has 3 nitrogen and oxygen atoms in total. The van der Waals surface area contributed by atoms with Crippen LogP contribution in [0, 0.1) is 6.92 Å². The predicted octanol–water partition coefficient (Wildman–Crippen LogP) is 1.77. The van der Waals surface area contributed by atoms with Crippen LogP contribution in [0.15, 0.2) is 4.47 Å². The minimum absolute atomic E-state index is 1.04. The number of nitrogens with zero attached hydrogens (tertiary/aromatic N) is 2. The molecule has 0 amide bonds. The zero-order valence-corrected chi connectivity index (χ0v) is 7.98. The van der Waals surface area contributed by atoms with Gasteiger partial charge in [0.2, 0.25) is 0 Å². The molecule has 0 aromatic carbocycles. The molecule has 0 spiro atoms. The molecule has 1 aliphatic heterocycles. The molecule has 0 saturated carbocycles. The average Bonchev–Trinajstić information content (AvgIpc) is 2.30. The van der Waals surface area contributed by atoms with Gasteiger partial charge in [-0.05, 0) is 29.3 Å². The van der Waals surface area contributed by atoms with E-state index in [1.54, 1.807) is 0 Å².